The molecule has 2 aromatic rings. The van der Waals surface area contributed by atoms with Gasteiger partial charge in [0, 0.05) is 29.7 Å². The van der Waals surface area contributed by atoms with Crippen LogP contribution in [0.15, 0.2) is 34.8 Å². The highest BCUT2D eigenvalue weighted by atomic mass is 79.9. The summed E-state index contributed by atoms with van der Waals surface area (Å²) in [4.78, 5) is 13.6. The highest BCUT2D eigenvalue weighted by Gasteiger charge is 2.42. The SMILES string of the molecule is O=C1NCc2c(OC[C@]3(O)CCN(c4ccc(Br)cc4F)C[C@H]3O)ccc(Cl)c21. The molecule has 29 heavy (non-hydrogen) atoms. The van der Waals surface area contributed by atoms with Crippen molar-refractivity contribution >= 4 is 39.1 Å². The number of aliphatic hydroxyl groups excluding tert-OH is 1. The van der Waals surface area contributed by atoms with Gasteiger partial charge in [0.25, 0.3) is 5.91 Å². The van der Waals surface area contributed by atoms with Gasteiger partial charge in [-0.1, -0.05) is 27.5 Å². The molecule has 0 unspecified atom stereocenters. The molecule has 154 valence electrons. The van der Waals surface area contributed by atoms with Crippen LogP contribution >= 0.6 is 27.5 Å². The largest absolute Gasteiger partial charge is 0.490 e. The molecule has 1 amide bonds. The summed E-state index contributed by atoms with van der Waals surface area (Å²) in [5, 5.41) is 24.5. The van der Waals surface area contributed by atoms with Crippen LogP contribution in [0.5, 0.6) is 5.75 Å². The third-order valence-electron chi connectivity index (χ3n) is 5.43. The summed E-state index contributed by atoms with van der Waals surface area (Å²) in [6.07, 6.45) is -0.948. The van der Waals surface area contributed by atoms with Crippen LogP contribution in [0.3, 0.4) is 0 Å². The highest BCUT2D eigenvalue weighted by molar-refractivity contribution is 9.10. The van der Waals surface area contributed by atoms with Gasteiger partial charge in [-0.25, -0.2) is 4.39 Å². The lowest BCUT2D eigenvalue weighted by atomic mass is 9.89. The zero-order valence-electron chi connectivity index (χ0n) is 15.3. The monoisotopic (exact) mass is 484 g/mol. The topological polar surface area (TPSA) is 82.0 Å². The second kappa shape index (κ2) is 7.75. The van der Waals surface area contributed by atoms with Crippen LogP contribution in [0, 0.1) is 5.82 Å². The van der Waals surface area contributed by atoms with Gasteiger partial charge in [0.05, 0.1) is 16.3 Å². The zero-order valence-corrected chi connectivity index (χ0v) is 17.6. The number of nitrogens with zero attached hydrogens (tertiary/aromatic N) is 1. The number of benzene rings is 2. The first-order valence-corrected chi connectivity index (χ1v) is 10.3. The average Bonchev–Trinajstić information content (AvgIpc) is 3.07. The molecule has 9 heteroatoms. The Morgan fingerprint density at radius 1 is 1.38 bits per heavy atom. The number of β-amino-alcohol motifs (C(OH)–C–C–N with tert-alkyl or cyclic N) is 1. The molecular formula is C20H19BrClFN2O4. The van der Waals surface area contributed by atoms with E-state index in [2.05, 4.69) is 21.2 Å². The number of amides is 1. The summed E-state index contributed by atoms with van der Waals surface area (Å²) in [5.41, 5.74) is -0.118. The van der Waals surface area contributed by atoms with E-state index in [1.807, 2.05) is 0 Å². The molecule has 4 rings (SSSR count). The van der Waals surface area contributed by atoms with E-state index in [-0.39, 0.29) is 25.5 Å². The van der Waals surface area contributed by atoms with Gasteiger partial charge in [-0.2, -0.15) is 0 Å². The van der Waals surface area contributed by atoms with Gasteiger partial charge < -0.3 is 25.2 Å². The first-order valence-electron chi connectivity index (χ1n) is 9.11. The number of nitrogens with one attached hydrogen (secondary N) is 1. The average molecular weight is 486 g/mol. The van der Waals surface area contributed by atoms with Crippen molar-refractivity contribution in [3.8, 4) is 5.75 Å². The van der Waals surface area contributed by atoms with Gasteiger partial charge in [-0.15, -0.1) is 0 Å². The van der Waals surface area contributed by atoms with Crippen LogP contribution in [0.4, 0.5) is 10.1 Å². The first-order chi connectivity index (χ1) is 13.8. The summed E-state index contributed by atoms with van der Waals surface area (Å²) < 4.78 is 20.6. The minimum absolute atomic E-state index is 0.0666. The van der Waals surface area contributed by atoms with E-state index in [0.29, 0.717) is 45.1 Å². The number of fused-ring (bicyclic) bond motifs is 1. The van der Waals surface area contributed by atoms with Crippen molar-refractivity contribution < 1.29 is 24.1 Å². The number of piperidine rings is 1. The Hall–Kier alpha value is -1.87. The molecule has 2 aliphatic heterocycles. The van der Waals surface area contributed by atoms with Gasteiger partial charge >= 0.3 is 0 Å². The Kier molecular flexibility index (Phi) is 5.46. The molecule has 0 saturated carbocycles. The fraction of sp³-hybridized carbons (Fsp3) is 0.350. The number of carbonyl (C=O) groups excluding carboxylic acids is 1. The molecule has 0 aliphatic carbocycles. The van der Waals surface area contributed by atoms with E-state index >= 15 is 0 Å². The van der Waals surface area contributed by atoms with Crippen molar-refractivity contribution in [1.82, 2.24) is 5.32 Å². The Labute approximate surface area is 180 Å². The van der Waals surface area contributed by atoms with Crippen LogP contribution < -0.4 is 15.0 Å². The summed E-state index contributed by atoms with van der Waals surface area (Å²) in [5.74, 6) is -0.231. The smallest absolute Gasteiger partial charge is 0.253 e. The molecule has 1 saturated heterocycles. The normalized spacial score (nSPS) is 23.7. The van der Waals surface area contributed by atoms with Crippen molar-refractivity contribution in [2.24, 2.45) is 0 Å². The van der Waals surface area contributed by atoms with Gasteiger partial charge in [0.15, 0.2) is 0 Å². The maximum absolute atomic E-state index is 14.2. The number of halogens is 3. The molecule has 0 radical (unpaired) electrons. The Balaban J connectivity index is 1.46. The summed E-state index contributed by atoms with van der Waals surface area (Å²) in [7, 11) is 0. The van der Waals surface area contributed by atoms with E-state index in [0.717, 1.165) is 0 Å². The summed E-state index contributed by atoms with van der Waals surface area (Å²) in [6, 6.07) is 7.94. The predicted molar refractivity (Wildman–Crippen MR) is 110 cm³/mol. The van der Waals surface area contributed by atoms with Crippen LogP contribution in [0.25, 0.3) is 0 Å². The fourth-order valence-electron chi connectivity index (χ4n) is 3.71. The number of anilines is 1. The molecule has 3 N–H and O–H groups in total. The van der Waals surface area contributed by atoms with Crippen molar-refractivity contribution in [2.75, 3.05) is 24.6 Å². The van der Waals surface area contributed by atoms with Crippen LogP contribution in [-0.4, -0.2) is 47.5 Å². The number of carbonyl (C=O) groups is 1. The fourth-order valence-corrected chi connectivity index (χ4v) is 4.30. The first kappa shape index (κ1) is 20.4. The molecule has 1 fully saturated rings. The van der Waals surface area contributed by atoms with E-state index in [1.165, 1.54) is 6.07 Å². The zero-order chi connectivity index (χ0) is 20.8. The third-order valence-corrected chi connectivity index (χ3v) is 6.24. The molecule has 2 heterocycles. The lowest BCUT2D eigenvalue weighted by molar-refractivity contribution is -0.109. The van der Waals surface area contributed by atoms with Gasteiger partial charge in [0.1, 0.15) is 29.9 Å². The van der Waals surface area contributed by atoms with Crippen molar-refractivity contribution in [1.29, 1.82) is 0 Å². The number of hydrogen-bond acceptors (Lipinski definition) is 5. The van der Waals surface area contributed by atoms with Gasteiger partial charge in [0.2, 0.25) is 0 Å². The predicted octanol–water partition coefficient (Wildman–Crippen LogP) is 2.87. The second-order valence-corrected chi connectivity index (χ2v) is 8.60. The maximum Gasteiger partial charge on any atom is 0.253 e. The highest BCUT2D eigenvalue weighted by Crippen LogP contribution is 2.34. The summed E-state index contributed by atoms with van der Waals surface area (Å²) >= 11 is 9.31. The van der Waals surface area contributed by atoms with Crippen molar-refractivity contribution in [3.05, 3.63) is 56.8 Å². The molecule has 2 atom stereocenters. The molecule has 2 aromatic carbocycles. The number of hydrogen-bond donors (Lipinski definition) is 3. The van der Waals surface area contributed by atoms with E-state index in [1.54, 1.807) is 29.2 Å². The number of rotatable bonds is 4. The Bertz CT molecular complexity index is 976. The third kappa shape index (κ3) is 3.82. The standard InChI is InChI=1S/C20H19BrClFN2O4/c21-11-1-3-15(14(23)7-11)25-6-5-20(28,17(26)9-25)10-29-16-4-2-13(22)18-12(16)8-24-19(18)27/h1-4,7,17,26,28H,5-6,8-10H2,(H,24,27)/t17-,20-/m1/s1. The van der Waals surface area contributed by atoms with Crippen LogP contribution in [-0.2, 0) is 6.54 Å². The quantitative estimate of drug-likeness (QED) is 0.620. The van der Waals surface area contributed by atoms with Crippen molar-refractivity contribution in [2.45, 2.75) is 24.7 Å². The molecule has 0 bridgehead atoms. The molecule has 2 aliphatic rings. The maximum atomic E-state index is 14.2. The lowest BCUT2D eigenvalue weighted by Gasteiger charge is -2.42. The van der Waals surface area contributed by atoms with Crippen LogP contribution in [0.1, 0.15) is 22.3 Å². The van der Waals surface area contributed by atoms with E-state index in [4.69, 9.17) is 16.3 Å². The van der Waals surface area contributed by atoms with E-state index < -0.39 is 17.5 Å². The number of ether oxygens (including phenoxy) is 1. The Morgan fingerprint density at radius 2 is 2.17 bits per heavy atom. The van der Waals surface area contributed by atoms with Gasteiger partial charge in [-0.3, -0.25) is 4.79 Å². The van der Waals surface area contributed by atoms with Crippen LogP contribution in [0.2, 0.25) is 5.02 Å². The second-order valence-electron chi connectivity index (χ2n) is 7.28. The molecular weight excluding hydrogens is 467 g/mol. The van der Waals surface area contributed by atoms with Crippen molar-refractivity contribution in [3.63, 3.8) is 0 Å². The molecule has 0 aromatic heterocycles. The van der Waals surface area contributed by atoms with E-state index in [9.17, 15) is 19.4 Å². The Morgan fingerprint density at radius 3 is 2.90 bits per heavy atom. The minimum atomic E-state index is -1.50. The molecule has 6 nitrogen and oxygen atoms in total. The molecule has 0 spiro atoms. The number of aliphatic hydroxyl groups is 2. The summed E-state index contributed by atoms with van der Waals surface area (Å²) in [6.45, 7) is 0.556. The minimum Gasteiger partial charge on any atom is -0.490 e. The lowest BCUT2D eigenvalue weighted by Crippen LogP contribution is -2.58. The van der Waals surface area contributed by atoms with Gasteiger partial charge in [-0.05, 0) is 36.8 Å².